The van der Waals surface area contributed by atoms with Gasteiger partial charge in [-0.15, -0.1) is 0 Å². The van der Waals surface area contributed by atoms with Gasteiger partial charge >= 0.3 is 0 Å². The Morgan fingerprint density at radius 2 is 0.542 bits per heavy atom. The second-order valence-electron chi connectivity index (χ2n) is 9.51. The first-order chi connectivity index (χ1) is 11.1. The summed E-state index contributed by atoms with van der Waals surface area (Å²) in [6, 6.07) is 0. The molecule has 2 fully saturated rings. The van der Waals surface area contributed by atoms with E-state index in [-0.39, 0.29) is 0 Å². The van der Waals surface area contributed by atoms with Crippen LogP contribution in [0.25, 0.3) is 0 Å². The molecule has 2 rings (SSSR count). The largest absolute Gasteiger partial charge is 0.0656 e. The van der Waals surface area contributed by atoms with Gasteiger partial charge in [0, 0.05) is 0 Å². The van der Waals surface area contributed by atoms with Crippen molar-refractivity contribution < 1.29 is 0 Å². The maximum Gasteiger partial charge on any atom is -0.0360 e. The molecule has 0 aromatic carbocycles. The van der Waals surface area contributed by atoms with Gasteiger partial charge in [0.25, 0.3) is 0 Å². The summed E-state index contributed by atoms with van der Waals surface area (Å²) < 4.78 is 0. The molecule has 0 N–H and O–H groups in total. The fraction of sp³-hybridized carbons (Fsp3) is 1.00. The highest BCUT2D eigenvalue weighted by atomic mass is 14.4. The summed E-state index contributed by atoms with van der Waals surface area (Å²) in [6.45, 7) is 28.3. The first-order valence-electron chi connectivity index (χ1n) is 11.1. The zero-order valence-electron chi connectivity index (χ0n) is 19.2. The van der Waals surface area contributed by atoms with Crippen LogP contribution < -0.4 is 0 Å². The van der Waals surface area contributed by atoms with E-state index in [1.807, 2.05) is 0 Å². The summed E-state index contributed by atoms with van der Waals surface area (Å²) in [6.07, 6.45) is 2.62. The minimum atomic E-state index is 0.935. The van der Waals surface area contributed by atoms with Crippen LogP contribution in [0.3, 0.4) is 0 Å². The predicted molar refractivity (Wildman–Crippen MR) is 112 cm³/mol. The van der Waals surface area contributed by atoms with Gasteiger partial charge in [-0.25, -0.2) is 0 Å². The van der Waals surface area contributed by atoms with Gasteiger partial charge in [0.1, 0.15) is 0 Å². The molecule has 4 unspecified atom stereocenters. The van der Waals surface area contributed by atoms with Crippen LogP contribution in [0.1, 0.15) is 95.9 Å². The lowest BCUT2D eigenvalue weighted by Gasteiger charge is -2.18. The molecule has 0 aliphatic heterocycles. The fourth-order valence-electron chi connectivity index (χ4n) is 5.35. The molecule has 0 heterocycles. The highest BCUT2D eigenvalue weighted by Crippen LogP contribution is 2.46. The number of hydrogen-bond acceptors (Lipinski definition) is 0. The minimum Gasteiger partial charge on any atom is -0.0656 e. The number of rotatable bonds is 1. The van der Waals surface area contributed by atoms with Crippen LogP contribution in [-0.2, 0) is 0 Å². The maximum absolute atomic E-state index is 2.43. The molecule has 0 nitrogen and oxygen atoms in total. The molecule has 2 aliphatic rings. The third-order valence-corrected chi connectivity index (χ3v) is 8.46. The molecule has 0 aromatic heterocycles. The Kier molecular flexibility index (Phi) is 10.9. The van der Waals surface area contributed by atoms with E-state index in [0.29, 0.717) is 0 Å². The molecule has 24 heavy (non-hydrogen) atoms. The lowest BCUT2D eigenvalue weighted by Crippen LogP contribution is -2.11. The highest BCUT2D eigenvalue weighted by Gasteiger charge is 2.40. The van der Waals surface area contributed by atoms with E-state index < -0.39 is 0 Å². The van der Waals surface area contributed by atoms with E-state index in [4.69, 9.17) is 0 Å². The third kappa shape index (κ3) is 5.50. The molecular weight excluding hydrogens is 288 g/mol. The summed E-state index contributed by atoms with van der Waals surface area (Å²) in [5.41, 5.74) is 0. The van der Waals surface area contributed by atoms with Crippen molar-refractivity contribution in [2.75, 3.05) is 0 Å². The topological polar surface area (TPSA) is 0 Å². The van der Waals surface area contributed by atoms with Gasteiger partial charge in [-0.1, -0.05) is 95.9 Å². The standard InChI is InChI=1S/C11H22.C10H20.C3H8/c1-6-11-9(4)7(2)8(3)10(11)5;1-6-7(2)9(4)10(5)8(6)3;1-3-2/h7-11H,6H2,1-5H3;6-10H,1-5H3;3H2,1-2H3. The van der Waals surface area contributed by atoms with Crippen molar-refractivity contribution in [1.82, 2.24) is 0 Å². The van der Waals surface area contributed by atoms with E-state index in [1.54, 1.807) is 0 Å². The van der Waals surface area contributed by atoms with Crippen molar-refractivity contribution in [3.05, 3.63) is 0 Å². The van der Waals surface area contributed by atoms with Gasteiger partial charge in [-0.3, -0.25) is 0 Å². The highest BCUT2D eigenvalue weighted by molar-refractivity contribution is 4.88. The summed E-state index contributed by atoms with van der Waals surface area (Å²) >= 11 is 0. The summed E-state index contributed by atoms with van der Waals surface area (Å²) in [5, 5.41) is 0. The Morgan fingerprint density at radius 3 is 0.667 bits per heavy atom. The van der Waals surface area contributed by atoms with Crippen LogP contribution in [0.2, 0.25) is 0 Å². The maximum atomic E-state index is 2.43. The Hall–Kier alpha value is 0. The van der Waals surface area contributed by atoms with E-state index in [9.17, 15) is 0 Å². The Balaban J connectivity index is 0.000000381. The normalized spacial score (nSPS) is 47.5. The first kappa shape index (κ1) is 24.0. The molecule has 0 saturated heterocycles. The summed E-state index contributed by atoms with van der Waals surface area (Å²) in [5.74, 6) is 9.44. The molecule has 0 aromatic rings. The first-order valence-corrected chi connectivity index (χ1v) is 11.1. The molecule has 0 spiro atoms. The average molecular weight is 339 g/mol. The lowest BCUT2D eigenvalue weighted by atomic mass is 9.87. The molecular formula is C24H50. The number of hydrogen-bond donors (Lipinski definition) is 0. The van der Waals surface area contributed by atoms with Gasteiger partial charge in [-0.05, 0) is 59.2 Å². The molecule has 146 valence electrons. The SMILES string of the molecule is CC1C(C)C(C)C(C)C1C.CCC.CCC1C(C)C(C)C(C)C1C. The quantitative estimate of drug-likeness (QED) is 0.452. The van der Waals surface area contributed by atoms with Crippen molar-refractivity contribution in [3.63, 3.8) is 0 Å². The van der Waals surface area contributed by atoms with Crippen LogP contribution in [0.15, 0.2) is 0 Å². The third-order valence-electron chi connectivity index (χ3n) is 8.46. The fourth-order valence-corrected chi connectivity index (χ4v) is 5.35. The molecule has 0 amide bonds. The molecule has 2 saturated carbocycles. The van der Waals surface area contributed by atoms with Crippen molar-refractivity contribution in [1.29, 1.82) is 0 Å². The minimum absolute atomic E-state index is 0.935. The van der Waals surface area contributed by atoms with Gasteiger partial charge in [-0.2, -0.15) is 0 Å². The van der Waals surface area contributed by atoms with Crippen LogP contribution in [-0.4, -0.2) is 0 Å². The monoisotopic (exact) mass is 338 g/mol. The zero-order valence-corrected chi connectivity index (χ0v) is 19.2. The average Bonchev–Trinajstić information content (AvgIpc) is 2.84. The van der Waals surface area contributed by atoms with Crippen molar-refractivity contribution >= 4 is 0 Å². The van der Waals surface area contributed by atoms with Crippen molar-refractivity contribution in [2.45, 2.75) is 95.9 Å². The van der Waals surface area contributed by atoms with E-state index in [2.05, 4.69) is 83.1 Å². The van der Waals surface area contributed by atoms with Crippen LogP contribution in [0.4, 0.5) is 0 Å². The Bertz CT molecular complexity index is 261. The van der Waals surface area contributed by atoms with Crippen LogP contribution >= 0.6 is 0 Å². The molecule has 2 aliphatic carbocycles. The Morgan fingerprint density at radius 1 is 0.375 bits per heavy atom. The van der Waals surface area contributed by atoms with Crippen molar-refractivity contribution in [3.8, 4) is 0 Å². The second kappa shape index (κ2) is 10.9. The van der Waals surface area contributed by atoms with Gasteiger partial charge in [0.2, 0.25) is 0 Å². The second-order valence-corrected chi connectivity index (χ2v) is 9.51. The zero-order chi connectivity index (χ0) is 19.2. The molecule has 0 heteroatoms. The van der Waals surface area contributed by atoms with Crippen LogP contribution in [0, 0.1) is 59.2 Å². The smallest absolute Gasteiger partial charge is 0.0360 e. The van der Waals surface area contributed by atoms with Gasteiger partial charge in [0.15, 0.2) is 0 Å². The van der Waals surface area contributed by atoms with Gasteiger partial charge in [0.05, 0.1) is 0 Å². The summed E-state index contributed by atoms with van der Waals surface area (Å²) in [7, 11) is 0. The van der Waals surface area contributed by atoms with Gasteiger partial charge < -0.3 is 0 Å². The Labute approximate surface area is 155 Å². The van der Waals surface area contributed by atoms with E-state index >= 15 is 0 Å². The summed E-state index contributed by atoms with van der Waals surface area (Å²) in [4.78, 5) is 0. The molecule has 4 atom stereocenters. The van der Waals surface area contributed by atoms with E-state index in [0.717, 1.165) is 59.2 Å². The predicted octanol–water partition coefficient (Wildman–Crippen LogP) is 8.17. The van der Waals surface area contributed by atoms with E-state index in [1.165, 1.54) is 12.8 Å². The lowest BCUT2D eigenvalue weighted by molar-refractivity contribution is 0.311. The van der Waals surface area contributed by atoms with Crippen LogP contribution in [0.5, 0.6) is 0 Å². The molecule has 0 bridgehead atoms. The van der Waals surface area contributed by atoms with Crippen molar-refractivity contribution in [2.24, 2.45) is 59.2 Å². The molecule has 0 radical (unpaired) electrons.